The smallest absolute Gasteiger partial charge is 0.159 e. The van der Waals surface area contributed by atoms with E-state index in [1.807, 2.05) is 36.4 Å². The van der Waals surface area contributed by atoms with Crippen molar-refractivity contribution < 1.29 is 13.3 Å². The quantitative estimate of drug-likeness (QED) is 0.137. The number of rotatable bonds is 10. The zero-order valence-electron chi connectivity index (χ0n) is 80.6. The predicted molar refractivity (Wildman–Crippen MR) is 624 cm³/mol. The molecule has 0 amide bonds. The van der Waals surface area contributed by atoms with E-state index in [0.29, 0.717) is 0 Å². The first-order valence-corrected chi connectivity index (χ1v) is 51.0. The lowest BCUT2D eigenvalue weighted by molar-refractivity contribution is 0.666. The first kappa shape index (κ1) is 83.6. The summed E-state index contributed by atoms with van der Waals surface area (Å²) in [5.41, 5.74) is 36.2. The van der Waals surface area contributed by atoms with Crippen LogP contribution in [-0.4, -0.2) is 27.4 Å². The van der Waals surface area contributed by atoms with Crippen LogP contribution in [0.4, 0.5) is 0 Å². The van der Waals surface area contributed by atoms with Gasteiger partial charge in [0.15, 0.2) is 5.58 Å². The first-order valence-electron chi connectivity index (χ1n) is 51.0. The molecule has 33 rings (SSSR count). The fraction of sp³-hybridized carbons (Fsp3) is 0. The van der Waals surface area contributed by atoms with Gasteiger partial charge in [-0.25, -0.2) is 0 Å². The van der Waals surface area contributed by atoms with Gasteiger partial charge in [-0.2, -0.15) is 0 Å². The second-order valence-electron chi connectivity index (χ2n) is 39.2. The molecule has 9 nitrogen and oxygen atoms in total. The molecule has 149 heavy (non-hydrogen) atoms. The van der Waals surface area contributed by atoms with Crippen molar-refractivity contribution in [3.05, 3.63) is 522 Å². The Hall–Kier alpha value is -20.0. The molecular weight excluding hydrogens is 1810 g/mol. The summed E-state index contributed by atoms with van der Waals surface area (Å²) in [6.45, 7) is 0. The number of fused-ring (bicyclic) bond motifs is 29. The van der Waals surface area contributed by atoms with Crippen molar-refractivity contribution in [3.8, 4) is 78.6 Å². The average molecular weight is 1900 g/mol. The maximum absolute atomic E-state index is 6.51. The molecule has 0 aliphatic heterocycles. The largest absolute Gasteiger partial charge is 0.456 e. The van der Waals surface area contributed by atoms with Crippen molar-refractivity contribution in [2.24, 2.45) is 0 Å². The Labute approximate surface area is 853 Å². The standard InChI is InChI=1S/C48H30N2O.2C46H28N2O/c1-2-10-31(11-3-1)32-18-22-35(23-19-32)49-43-15-7-4-12-37(43)41-28-33(20-26-45(41)49)34-21-27-46-42(29-34)38-13-5-8-16-44(38)50(46)36-24-25-40-39-14-6-9-17-47(39)51-48(40)30-36;1-2-13-32-29(11-1)12-9-20-39(32)47-40-18-6-3-14-33(40)37-27-30(23-25-42(37)47)31-24-26-43-38(28-31)34-15-4-7-19-41(34)48(43)44-21-10-17-36-35-16-5-8-22-45(35)49-46(36)44;1-2-12-33-29(10-1)11-9-18-40(33)48-42-17-7-4-14-35(42)38-27-31(21-24-44(38)48)30-20-23-43-37(26-30)34-13-3-6-16-41(34)47(43)32-22-25-46-39(28-32)36-15-5-8-19-45(36)49-46/h1-30H;2*1-28H. The van der Waals surface area contributed by atoms with E-state index in [-0.39, 0.29) is 0 Å². The van der Waals surface area contributed by atoms with Gasteiger partial charge in [-0.3, -0.25) is 0 Å². The third-order valence-corrected chi connectivity index (χ3v) is 31.1. The van der Waals surface area contributed by atoms with E-state index < -0.39 is 0 Å². The topological polar surface area (TPSA) is 69.0 Å². The van der Waals surface area contributed by atoms with Crippen LogP contribution >= 0.6 is 0 Å². The minimum absolute atomic E-state index is 0.899. The van der Waals surface area contributed by atoms with Crippen LogP contribution in [0, 0.1) is 0 Å². The summed E-state index contributed by atoms with van der Waals surface area (Å²) in [5.74, 6) is 0. The molecule has 0 aliphatic carbocycles. The fourth-order valence-corrected chi connectivity index (χ4v) is 24.4. The minimum Gasteiger partial charge on any atom is -0.456 e. The summed E-state index contributed by atoms with van der Waals surface area (Å²) in [4.78, 5) is 0. The molecule has 24 aromatic carbocycles. The van der Waals surface area contributed by atoms with Crippen molar-refractivity contribution in [1.29, 1.82) is 0 Å². The van der Waals surface area contributed by atoms with Crippen LogP contribution in [-0.2, 0) is 0 Å². The molecule has 9 aromatic heterocycles. The Balaban J connectivity index is 0.000000101. The molecule has 694 valence electrons. The lowest BCUT2D eigenvalue weighted by atomic mass is 10.0. The molecule has 33 aromatic rings. The van der Waals surface area contributed by atoms with Crippen LogP contribution in [0.5, 0.6) is 0 Å². The monoisotopic (exact) mass is 1900 g/mol. The highest BCUT2D eigenvalue weighted by Gasteiger charge is 2.26. The molecule has 0 saturated heterocycles. The number of nitrogens with zero attached hydrogens (tertiary/aromatic N) is 6. The number of aromatic nitrogens is 6. The molecule has 0 radical (unpaired) electrons. The summed E-state index contributed by atoms with van der Waals surface area (Å²) >= 11 is 0. The van der Waals surface area contributed by atoms with E-state index in [1.165, 1.54) is 197 Å². The second kappa shape index (κ2) is 33.3. The van der Waals surface area contributed by atoms with Crippen molar-refractivity contribution in [3.63, 3.8) is 0 Å². The van der Waals surface area contributed by atoms with Crippen molar-refractivity contribution in [2.75, 3.05) is 0 Å². The highest BCUT2D eigenvalue weighted by atomic mass is 16.3. The average Bonchev–Trinajstić information content (AvgIpc) is 1.61. The number of furan rings is 3. The second-order valence-corrected chi connectivity index (χ2v) is 39.2. The van der Waals surface area contributed by atoms with Crippen LogP contribution in [0.1, 0.15) is 0 Å². The summed E-state index contributed by atoms with van der Waals surface area (Å²) < 4.78 is 33.3. The van der Waals surface area contributed by atoms with Crippen LogP contribution in [0.25, 0.3) is 297 Å². The van der Waals surface area contributed by atoms with Crippen molar-refractivity contribution >= 4 is 218 Å². The summed E-state index contributed by atoms with van der Waals surface area (Å²) in [6, 6.07) is 188. The summed E-state index contributed by atoms with van der Waals surface area (Å²) in [6.07, 6.45) is 0. The highest BCUT2D eigenvalue weighted by Crippen LogP contribution is 2.48. The number of para-hydroxylation sites is 10. The van der Waals surface area contributed by atoms with Crippen molar-refractivity contribution in [1.82, 2.24) is 27.4 Å². The fourth-order valence-electron chi connectivity index (χ4n) is 24.4. The molecular formula is C140H86N6O3. The maximum atomic E-state index is 6.51. The van der Waals surface area contributed by atoms with E-state index in [0.717, 1.165) is 99.6 Å². The predicted octanol–water partition coefficient (Wildman–Crippen LogP) is 38.3. The van der Waals surface area contributed by atoms with Gasteiger partial charge in [-0.05, 0) is 243 Å². The third-order valence-electron chi connectivity index (χ3n) is 31.1. The Kier molecular flexibility index (Phi) is 18.7. The summed E-state index contributed by atoms with van der Waals surface area (Å²) in [7, 11) is 0. The first-order chi connectivity index (χ1) is 73.9. The van der Waals surface area contributed by atoms with Crippen molar-refractivity contribution in [2.45, 2.75) is 0 Å². The normalized spacial score (nSPS) is 12.0. The van der Waals surface area contributed by atoms with Gasteiger partial charge in [-0.15, -0.1) is 0 Å². The Morgan fingerprint density at radius 2 is 0.369 bits per heavy atom. The van der Waals surface area contributed by atoms with Crippen LogP contribution in [0.3, 0.4) is 0 Å². The molecule has 0 atom stereocenters. The zero-order valence-corrected chi connectivity index (χ0v) is 80.6. The molecule has 0 fully saturated rings. The molecule has 0 saturated carbocycles. The molecule has 9 heterocycles. The van der Waals surface area contributed by atoms with E-state index in [4.69, 9.17) is 13.3 Å². The van der Waals surface area contributed by atoms with Crippen LogP contribution < -0.4 is 0 Å². The van der Waals surface area contributed by atoms with E-state index in [9.17, 15) is 0 Å². The van der Waals surface area contributed by atoms with Gasteiger partial charge < -0.3 is 40.7 Å². The number of hydrogen-bond acceptors (Lipinski definition) is 3. The highest BCUT2D eigenvalue weighted by molar-refractivity contribution is 6.20. The number of hydrogen-bond donors (Lipinski definition) is 0. The van der Waals surface area contributed by atoms with Gasteiger partial charge in [0.25, 0.3) is 0 Å². The van der Waals surface area contributed by atoms with Gasteiger partial charge in [0.1, 0.15) is 27.9 Å². The molecule has 0 spiro atoms. The van der Waals surface area contributed by atoms with Gasteiger partial charge in [0, 0.05) is 131 Å². The lowest BCUT2D eigenvalue weighted by Crippen LogP contribution is -1.95. The van der Waals surface area contributed by atoms with Crippen LogP contribution in [0.2, 0.25) is 0 Å². The van der Waals surface area contributed by atoms with E-state index in [1.54, 1.807) is 0 Å². The molecule has 0 N–H and O–H groups in total. The lowest BCUT2D eigenvalue weighted by Gasteiger charge is -2.12. The van der Waals surface area contributed by atoms with Gasteiger partial charge >= 0.3 is 0 Å². The van der Waals surface area contributed by atoms with E-state index >= 15 is 0 Å². The third kappa shape index (κ3) is 13.2. The molecule has 9 heteroatoms. The van der Waals surface area contributed by atoms with Crippen LogP contribution in [0.15, 0.2) is 535 Å². The zero-order chi connectivity index (χ0) is 97.6. The maximum Gasteiger partial charge on any atom is 0.159 e. The van der Waals surface area contributed by atoms with E-state index in [2.05, 4.69) is 513 Å². The number of benzene rings is 24. The van der Waals surface area contributed by atoms with Gasteiger partial charge in [-0.1, -0.05) is 328 Å². The molecule has 0 unspecified atom stereocenters. The minimum atomic E-state index is 0.899. The van der Waals surface area contributed by atoms with Gasteiger partial charge in [0.2, 0.25) is 0 Å². The van der Waals surface area contributed by atoms with Gasteiger partial charge in [0.05, 0.1) is 83.3 Å². The Morgan fingerprint density at radius 1 is 0.114 bits per heavy atom. The Bertz CT molecular complexity index is 11400. The molecule has 0 aliphatic rings. The molecule has 0 bridgehead atoms. The summed E-state index contributed by atoms with van der Waals surface area (Å²) in [5, 5.41) is 26.7. The Morgan fingerprint density at radius 3 is 0.799 bits per heavy atom. The SMILES string of the molecule is c1ccc(-c2ccc(-n3c4ccccc4c4cc(-c5ccc6c(c5)c5ccccc5n6-c5ccc6c(c5)oc5ccccc56)ccc43)cc2)cc1.c1ccc2c(-n3c4ccccc4c4cc(-c5ccc6c(c5)c5ccccc5n6-c5ccc6oc7ccccc7c6c5)ccc43)cccc2c1.c1ccc2c(-n3c4ccccc4c4cc(-c5ccc6c(c5)c5ccccc5n6-c5cccc6c5oc5ccccc56)ccc43)cccc2c1.